The number of rotatable bonds is 7. The Kier molecular flexibility index (Phi) is 10.3. The second-order valence-corrected chi connectivity index (χ2v) is 5.96. The highest BCUT2D eigenvalue weighted by Crippen LogP contribution is 2.22. The number of oxime groups is 1. The molecule has 0 spiro atoms. The van der Waals surface area contributed by atoms with Crippen LogP contribution < -0.4 is 5.11 Å². The Labute approximate surface area is 163 Å². The van der Waals surface area contributed by atoms with Crippen LogP contribution in [0.25, 0.3) is 0 Å². The molecule has 2 unspecified atom stereocenters. The van der Waals surface area contributed by atoms with Crippen LogP contribution >= 0.6 is 0 Å². The molecule has 0 bridgehead atoms. The van der Waals surface area contributed by atoms with Crippen LogP contribution in [0.2, 0.25) is 0 Å². The Morgan fingerprint density at radius 1 is 1.04 bits per heavy atom. The Hall–Kier alpha value is -1.25. The molecule has 2 heterocycles. The molecule has 0 amide bonds. The SMILES string of the molecule is [B][C@@H]1O[C@H](CO)C(O)[C@@H]1O.[B][C@@H]1O[C@H](CO)C(O)[C@@H]1OCO/N=C(/C)C(=O)[O-]. The number of carboxylic acids is 1. The van der Waals surface area contributed by atoms with Gasteiger partial charge in [-0.2, -0.15) is 0 Å². The lowest BCUT2D eigenvalue weighted by molar-refractivity contribution is -0.294. The number of hydrogen-bond donors (Lipinski definition) is 5. The maximum atomic E-state index is 10.3. The fraction of sp³-hybridized carbons (Fsp3) is 0.857. The smallest absolute Gasteiger partial charge is 0.216 e. The molecule has 28 heavy (non-hydrogen) atoms. The van der Waals surface area contributed by atoms with Crippen LogP contribution in [-0.2, 0) is 23.8 Å². The minimum absolute atomic E-state index is 0.327. The highest BCUT2D eigenvalue weighted by Gasteiger charge is 2.41. The molecule has 0 saturated carbocycles. The van der Waals surface area contributed by atoms with Crippen molar-refractivity contribution in [2.45, 2.75) is 55.6 Å². The number of hydrogen-bond acceptors (Lipinski definition) is 12. The van der Waals surface area contributed by atoms with Gasteiger partial charge in [0.05, 0.1) is 31.0 Å². The highest BCUT2D eigenvalue weighted by atomic mass is 16.8. The van der Waals surface area contributed by atoms with E-state index in [0.717, 1.165) is 0 Å². The maximum absolute atomic E-state index is 10.3. The number of aliphatic hydroxyl groups excluding tert-OH is 5. The summed E-state index contributed by atoms with van der Waals surface area (Å²) in [4.78, 5) is 14.8. The lowest BCUT2D eigenvalue weighted by Crippen LogP contribution is -2.37. The number of carbonyl (C=O) groups excluding carboxylic acids is 1. The lowest BCUT2D eigenvalue weighted by Gasteiger charge is -2.17. The third kappa shape index (κ3) is 6.67. The first-order valence-corrected chi connectivity index (χ1v) is 8.21. The van der Waals surface area contributed by atoms with E-state index in [2.05, 4.69) is 9.99 Å². The predicted octanol–water partition coefficient (Wildman–Crippen LogP) is -5.69. The van der Waals surface area contributed by atoms with E-state index in [0.29, 0.717) is 0 Å². The second-order valence-electron chi connectivity index (χ2n) is 5.96. The quantitative estimate of drug-likeness (QED) is 0.0897. The summed E-state index contributed by atoms with van der Waals surface area (Å²) in [6.45, 7) is 0.0569. The molecule has 0 aromatic rings. The molecule has 4 radical (unpaired) electrons. The minimum Gasteiger partial charge on any atom is -0.543 e. The van der Waals surface area contributed by atoms with E-state index in [1.54, 1.807) is 0 Å². The average molecular weight is 402 g/mol. The summed E-state index contributed by atoms with van der Waals surface area (Å²) in [5.41, 5.74) is -0.348. The molecule has 0 aromatic heterocycles. The van der Waals surface area contributed by atoms with Gasteiger partial charge >= 0.3 is 0 Å². The summed E-state index contributed by atoms with van der Waals surface area (Å²) in [5.74, 6) is -1.46. The van der Waals surface area contributed by atoms with E-state index in [1.807, 2.05) is 0 Å². The zero-order valence-electron chi connectivity index (χ0n) is 15.0. The number of carbonyl (C=O) groups is 1. The zero-order valence-corrected chi connectivity index (χ0v) is 15.0. The van der Waals surface area contributed by atoms with E-state index >= 15 is 0 Å². The monoisotopic (exact) mass is 402 g/mol. The van der Waals surface area contributed by atoms with Crippen LogP contribution in [0.5, 0.6) is 0 Å². The average Bonchev–Trinajstić information content (AvgIpc) is 3.08. The van der Waals surface area contributed by atoms with Crippen molar-refractivity contribution in [2.75, 3.05) is 20.0 Å². The third-order valence-corrected chi connectivity index (χ3v) is 3.94. The number of nitrogens with zero attached hydrogens (tertiary/aromatic N) is 1. The molecule has 14 heteroatoms. The number of aliphatic carboxylic acids is 1. The van der Waals surface area contributed by atoms with E-state index < -0.39 is 68.0 Å². The summed E-state index contributed by atoms with van der Waals surface area (Å²) in [6, 6.07) is -1.79. The standard InChI is InChI=1S/C9H14BNO7.C5H9BO4/c1-4(9(14)15)11-17-3-16-7-6(13)5(2-12)18-8(7)10;6-5-4(9)3(8)2(1-7)10-5/h5-8,12-13H,2-3H2,1H3,(H,14,15);2-5,7-9H,1H2/p-1/b11-4-;/t5-,6?,7+,8-;2-,3?,4+,5-/m11/s1. The molecule has 2 saturated heterocycles. The summed E-state index contributed by atoms with van der Waals surface area (Å²) < 4.78 is 14.8. The van der Waals surface area contributed by atoms with Gasteiger partial charge in [0.25, 0.3) is 0 Å². The van der Waals surface area contributed by atoms with Gasteiger partial charge in [0.15, 0.2) is 0 Å². The second kappa shape index (κ2) is 11.7. The van der Waals surface area contributed by atoms with Gasteiger partial charge in [-0.25, -0.2) is 0 Å². The lowest BCUT2D eigenvalue weighted by atomic mass is 9.93. The molecule has 2 rings (SSSR count). The van der Waals surface area contributed by atoms with Gasteiger partial charge in [-0.05, 0) is 6.92 Å². The Morgan fingerprint density at radius 3 is 1.96 bits per heavy atom. The maximum Gasteiger partial charge on any atom is 0.216 e. The van der Waals surface area contributed by atoms with Gasteiger partial charge in [-0.1, -0.05) is 5.16 Å². The van der Waals surface area contributed by atoms with Gasteiger partial charge < -0.3 is 54.5 Å². The molecule has 0 aliphatic carbocycles. The van der Waals surface area contributed by atoms with Crippen LogP contribution in [0.4, 0.5) is 0 Å². The van der Waals surface area contributed by atoms with E-state index in [9.17, 15) is 15.0 Å². The minimum atomic E-state index is -1.46. The summed E-state index contributed by atoms with van der Waals surface area (Å²) >= 11 is 0. The number of ether oxygens (including phenoxy) is 3. The van der Waals surface area contributed by atoms with Gasteiger partial charge in [0, 0.05) is 12.0 Å². The largest absolute Gasteiger partial charge is 0.543 e. The third-order valence-electron chi connectivity index (χ3n) is 3.94. The number of carboxylic acid groups (broad SMARTS) is 1. The van der Waals surface area contributed by atoms with E-state index in [4.69, 9.17) is 50.3 Å². The first-order chi connectivity index (χ1) is 13.1. The van der Waals surface area contributed by atoms with Crippen LogP contribution in [0, 0.1) is 0 Å². The predicted molar refractivity (Wildman–Crippen MR) is 90.0 cm³/mol. The van der Waals surface area contributed by atoms with Crippen molar-refractivity contribution < 1.29 is 54.5 Å². The highest BCUT2D eigenvalue weighted by molar-refractivity contribution is 6.33. The molecule has 8 atom stereocenters. The fourth-order valence-corrected chi connectivity index (χ4v) is 2.31. The normalized spacial score (nSPS) is 38.0. The van der Waals surface area contributed by atoms with Gasteiger partial charge in [0.1, 0.15) is 46.2 Å². The van der Waals surface area contributed by atoms with Crippen molar-refractivity contribution in [2.24, 2.45) is 5.16 Å². The van der Waals surface area contributed by atoms with E-state index in [1.165, 1.54) is 6.92 Å². The molecule has 2 fully saturated rings. The van der Waals surface area contributed by atoms with Crippen molar-refractivity contribution in [1.82, 2.24) is 0 Å². The van der Waals surface area contributed by atoms with Crippen LogP contribution in [0.15, 0.2) is 5.16 Å². The van der Waals surface area contributed by atoms with Gasteiger partial charge in [0.2, 0.25) is 6.79 Å². The fourth-order valence-electron chi connectivity index (χ4n) is 2.31. The molecular formula is C14H22B2NO11-. The summed E-state index contributed by atoms with van der Waals surface area (Å²) in [5, 5.41) is 58.4. The molecule has 156 valence electrons. The van der Waals surface area contributed by atoms with Crippen LogP contribution in [0.3, 0.4) is 0 Å². The van der Waals surface area contributed by atoms with Crippen molar-refractivity contribution in [3.63, 3.8) is 0 Å². The van der Waals surface area contributed by atoms with Crippen molar-refractivity contribution in [1.29, 1.82) is 0 Å². The van der Waals surface area contributed by atoms with Crippen LogP contribution in [0.1, 0.15) is 6.92 Å². The Bertz CT molecular complexity index is 526. The van der Waals surface area contributed by atoms with E-state index in [-0.39, 0.29) is 12.3 Å². The topological polar surface area (TPSA) is 191 Å². The molecule has 5 N–H and O–H groups in total. The van der Waals surface area contributed by atoms with Crippen LogP contribution in [-0.4, -0.2) is 122 Å². The first-order valence-electron chi connectivity index (χ1n) is 8.21. The molecule has 2 aliphatic rings. The van der Waals surface area contributed by atoms with Crippen molar-refractivity contribution >= 4 is 27.4 Å². The summed E-state index contributed by atoms with van der Waals surface area (Å²) in [6.07, 6.45) is -5.71. The number of aliphatic hydroxyl groups is 5. The van der Waals surface area contributed by atoms with Gasteiger partial charge in [-0.3, -0.25) is 0 Å². The first kappa shape index (κ1) is 24.8. The Morgan fingerprint density at radius 2 is 1.57 bits per heavy atom. The van der Waals surface area contributed by atoms with Gasteiger partial charge in [-0.15, -0.1) is 0 Å². The molecule has 2 aliphatic heterocycles. The summed E-state index contributed by atoms with van der Waals surface area (Å²) in [7, 11) is 10.7. The van der Waals surface area contributed by atoms with Crippen molar-refractivity contribution in [3.8, 4) is 0 Å². The molecular weight excluding hydrogens is 380 g/mol. The molecule has 12 nitrogen and oxygen atoms in total. The van der Waals surface area contributed by atoms with Crippen molar-refractivity contribution in [3.05, 3.63) is 0 Å². The molecule has 0 aromatic carbocycles. The Balaban J connectivity index is 0.000000330. The zero-order chi connectivity index (χ0) is 21.4.